The van der Waals surface area contributed by atoms with Crippen LogP contribution < -0.4 is 5.32 Å². The Morgan fingerprint density at radius 3 is 2.95 bits per heavy atom. The highest BCUT2D eigenvalue weighted by molar-refractivity contribution is 9.10. The first-order valence-electron chi connectivity index (χ1n) is 6.21. The number of aromatic nitrogens is 2. The van der Waals surface area contributed by atoms with Gasteiger partial charge in [-0.25, -0.2) is 9.97 Å². The van der Waals surface area contributed by atoms with Crippen LogP contribution in [0, 0.1) is 0 Å². The number of halogens is 1. The van der Waals surface area contributed by atoms with Crippen molar-refractivity contribution in [2.45, 2.75) is 16.5 Å². The molecule has 4 nitrogen and oxygen atoms in total. The van der Waals surface area contributed by atoms with E-state index < -0.39 is 0 Å². The number of rotatable bonds is 7. The van der Waals surface area contributed by atoms with E-state index in [2.05, 4.69) is 49.4 Å². The van der Waals surface area contributed by atoms with Crippen LogP contribution in [0.25, 0.3) is 0 Å². The van der Waals surface area contributed by atoms with Crippen LogP contribution in [-0.2, 0) is 11.3 Å². The average molecular weight is 354 g/mol. The van der Waals surface area contributed by atoms with Gasteiger partial charge in [0.15, 0.2) is 0 Å². The minimum Gasteiger partial charge on any atom is -0.383 e. The Labute approximate surface area is 131 Å². The third-order valence-corrected chi connectivity index (χ3v) is 4.28. The van der Waals surface area contributed by atoms with Crippen LogP contribution in [-0.4, -0.2) is 30.2 Å². The predicted molar refractivity (Wildman–Crippen MR) is 83.9 cm³/mol. The maximum absolute atomic E-state index is 5.01. The summed E-state index contributed by atoms with van der Waals surface area (Å²) >= 11 is 5.23. The number of nitrogens with zero attached hydrogens (tertiary/aromatic N) is 2. The summed E-state index contributed by atoms with van der Waals surface area (Å²) in [4.78, 5) is 9.27. The molecule has 20 heavy (non-hydrogen) atoms. The van der Waals surface area contributed by atoms with Gasteiger partial charge in [-0.1, -0.05) is 33.8 Å². The molecule has 1 N–H and O–H groups in total. The highest BCUT2D eigenvalue weighted by Gasteiger charge is 2.03. The zero-order chi connectivity index (χ0) is 14.2. The van der Waals surface area contributed by atoms with E-state index >= 15 is 0 Å². The SMILES string of the molecule is COCCNCc1ccc(Sc2ccncn2)cc1Br. The van der Waals surface area contributed by atoms with Gasteiger partial charge in [0.25, 0.3) is 0 Å². The Kier molecular flexibility index (Phi) is 6.46. The summed E-state index contributed by atoms with van der Waals surface area (Å²) < 4.78 is 6.10. The van der Waals surface area contributed by atoms with Gasteiger partial charge in [0.05, 0.1) is 6.61 Å². The van der Waals surface area contributed by atoms with Gasteiger partial charge in [-0.3, -0.25) is 0 Å². The van der Waals surface area contributed by atoms with E-state index in [-0.39, 0.29) is 0 Å². The lowest BCUT2D eigenvalue weighted by atomic mass is 10.2. The Morgan fingerprint density at radius 2 is 2.25 bits per heavy atom. The van der Waals surface area contributed by atoms with E-state index in [0.29, 0.717) is 0 Å². The van der Waals surface area contributed by atoms with Gasteiger partial charge in [0.2, 0.25) is 0 Å². The van der Waals surface area contributed by atoms with E-state index in [1.807, 2.05) is 6.07 Å². The van der Waals surface area contributed by atoms with Gasteiger partial charge < -0.3 is 10.1 Å². The quantitative estimate of drug-likeness (QED) is 0.612. The smallest absolute Gasteiger partial charge is 0.116 e. The van der Waals surface area contributed by atoms with Gasteiger partial charge in [-0.15, -0.1) is 0 Å². The van der Waals surface area contributed by atoms with Crippen LogP contribution in [0.4, 0.5) is 0 Å². The van der Waals surface area contributed by atoms with Crippen molar-refractivity contribution in [3.8, 4) is 0 Å². The fraction of sp³-hybridized carbons (Fsp3) is 0.286. The molecule has 1 aromatic carbocycles. The summed E-state index contributed by atoms with van der Waals surface area (Å²) in [6.07, 6.45) is 3.31. The number of nitrogens with one attached hydrogen (secondary N) is 1. The Balaban J connectivity index is 1.95. The number of hydrogen-bond donors (Lipinski definition) is 1. The predicted octanol–water partition coefficient (Wildman–Crippen LogP) is 3.13. The highest BCUT2D eigenvalue weighted by Crippen LogP contribution is 2.29. The molecule has 1 heterocycles. The van der Waals surface area contributed by atoms with Crippen molar-refractivity contribution in [3.63, 3.8) is 0 Å². The zero-order valence-electron chi connectivity index (χ0n) is 11.2. The van der Waals surface area contributed by atoms with Crippen molar-refractivity contribution in [2.75, 3.05) is 20.3 Å². The van der Waals surface area contributed by atoms with Crippen molar-refractivity contribution in [2.24, 2.45) is 0 Å². The summed E-state index contributed by atoms with van der Waals surface area (Å²) in [5.74, 6) is 0. The fourth-order valence-electron chi connectivity index (χ4n) is 1.59. The molecule has 0 radical (unpaired) electrons. The summed E-state index contributed by atoms with van der Waals surface area (Å²) in [5, 5.41) is 4.27. The van der Waals surface area contributed by atoms with Gasteiger partial charge in [0.1, 0.15) is 11.4 Å². The molecule has 0 bridgehead atoms. The Hall–Kier alpha value is -0.950. The third kappa shape index (κ3) is 4.86. The van der Waals surface area contributed by atoms with E-state index in [1.54, 1.807) is 31.4 Å². The maximum Gasteiger partial charge on any atom is 0.116 e. The minimum absolute atomic E-state index is 0.721. The van der Waals surface area contributed by atoms with Crippen LogP contribution in [0.2, 0.25) is 0 Å². The molecule has 0 fully saturated rings. The van der Waals surface area contributed by atoms with E-state index in [4.69, 9.17) is 4.74 Å². The molecular formula is C14H16BrN3OS. The summed E-state index contributed by atoms with van der Waals surface area (Å²) in [5.41, 5.74) is 1.23. The maximum atomic E-state index is 5.01. The van der Waals surface area contributed by atoms with Crippen molar-refractivity contribution >= 4 is 27.7 Å². The van der Waals surface area contributed by atoms with E-state index in [1.165, 1.54) is 5.56 Å². The Morgan fingerprint density at radius 1 is 1.35 bits per heavy atom. The molecule has 2 aromatic rings. The minimum atomic E-state index is 0.721. The molecule has 1 aromatic heterocycles. The van der Waals surface area contributed by atoms with Crippen LogP contribution in [0.15, 0.2) is 51.2 Å². The molecule has 0 saturated heterocycles. The van der Waals surface area contributed by atoms with Gasteiger partial charge in [0, 0.05) is 35.8 Å². The molecule has 0 aliphatic rings. The van der Waals surface area contributed by atoms with Gasteiger partial charge >= 0.3 is 0 Å². The Bertz CT molecular complexity index is 539. The van der Waals surface area contributed by atoms with Crippen LogP contribution in [0.1, 0.15) is 5.56 Å². The molecule has 0 aliphatic heterocycles. The standard InChI is InChI=1S/C14H16BrN3OS/c1-19-7-6-16-9-11-2-3-12(8-13(11)15)20-14-4-5-17-10-18-14/h2-5,8,10,16H,6-7,9H2,1H3. The van der Waals surface area contributed by atoms with Crippen molar-refractivity contribution in [3.05, 3.63) is 46.8 Å². The van der Waals surface area contributed by atoms with E-state index in [0.717, 1.165) is 34.1 Å². The molecule has 0 unspecified atom stereocenters. The lowest BCUT2D eigenvalue weighted by molar-refractivity contribution is 0.199. The molecule has 0 saturated carbocycles. The van der Waals surface area contributed by atoms with Crippen LogP contribution >= 0.6 is 27.7 Å². The number of ether oxygens (including phenoxy) is 1. The first kappa shape index (κ1) is 15.4. The van der Waals surface area contributed by atoms with Crippen molar-refractivity contribution in [1.29, 1.82) is 0 Å². The molecule has 2 rings (SSSR count). The molecule has 0 aliphatic carbocycles. The van der Waals surface area contributed by atoms with E-state index in [9.17, 15) is 0 Å². The monoisotopic (exact) mass is 353 g/mol. The number of hydrogen-bond acceptors (Lipinski definition) is 5. The van der Waals surface area contributed by atoms with Crippen LogP contribution in [0.5, 0.6) is 0 Å². The second-order valence-electron chi connectivity index (χ2n) is 4.07. The molecule has 0 spiro atoms. The average Bonchev–Trinajstić information content (AvgIpc) is 2.46. The fourth-order valence-corrected chi connectivity index (χ4v) is 3.05. The lowest BCUT2D eigenvalue weighted by Gasteiger charge is -2.08. The summed E-state index contributed by atoms with van der Waals surface area (Å²) in [6, 6.07) is 8.23. The van der Waals surface area contributed by atoms with Crippen LogP contribution in [0.3, 0.4) is 0 Å². The summed E-state index contributed by atoms with van der Waals surface area (Å²) in [7, 11) is 1.71. The first-order chi connectivity index (χ1) is 9.79. The molecule has 106 valence electrons. The zero-order valence-corrected chi connectivity index (χ0v) is 13.6. The second kappa shape index (κ2) is 8.36. The van der Waals surface area contributed by atoms with Crippen molar-refractivity contribution in [1.82, 2.24) is 15.3 Å². The van der Waals surface area contributed by atoms with Gasteiger partial charge in [-0.2, -0.15) is 0 Å². The molecular weight excluding hydrogens is 338 g/mol. The molecule has 0 atom stereocenters. The summed E-state index contributed by atoms with van der Waals surface area (Å²) in [6.45, 7) is 2.39. The van der Waals surface area contributed by atoms with Gasteiger partial charge in [-0.05, 0) is 23.8 Å². The number of benzene rings is 1. The lowest BCUT2D eigenvalue weighted by Crippen LogP contribution is -2.18. The molecule has 0 amide bonds. The first-order valence-corrected chi connectivity index (χ1v) is 7.82. The molecule has 6 heteroatoms. The normalized spacial score (nSPS) is 10.7. The second-order valence-corrected chi connectivity index (χ2v) is 6.02. The number of methoxy groups -OCH3 is 1. The van der Waals surface area contributed by atoms with Crippen molar-refractivity contribution < 1.29 is 4.74 Å². The largest absolute Gasteiger partial charge is 0.383 e. The topological polar surface area (TPSA) is 47.0 Å². The highest BCUT2D eigenvalue weighted by atomic mass is 79.9. The third-order valence-electron chi connectivity index (χ3n) is 2.60.